The van der Waals surface area contributed by atoms with Gasteiger partial charge in [-0.3, -0.25) is 19.7 Å². The molecule has 0 atom stereocenters. The molecule has 0 unspecified atom stereocenters. The van der Waals surface area contributed by atoms with E-state index in [1.807, 2.05) is 42.5 Å². The molecular weight excluding hydrogens is 410 g/mol. The van der Waals surface area contributed by atoms with E-state index in [9.17, 15) is 4.79 Å². The molecule has 0 aliphatic rings. The van der Waals surface area contributed by atoms with Crippen LogP contribution in [0.4, 0.5) is 0 Å². The van der Waals surface area contributed by atoms with E-state index in [2.05, 4.69) is 31.5 Å². The van der Waals surface area contributed by atoms with Gasteiger partial charge in [0, 0.05) is 48.1 Å². The summed E-state index contributed by atoms with van der Waals surface area (Å²) < 4.78 is 0. The molecule has 0 radical (unpaired) electrons. The minimum Gasteiger partial charge on any atom is -0.273 e. The summed E-state index contributed by atoms with van der Waals surface area (Å²) in [7, 11) is 0. The van der Waals surface area contributed by atoms with Crippen molar-refractivity contribution in [3.8, 4) is 0 Å². The number of alkyl halides is 1. The molecule has 1 aromatic carbocycles. The lowest BCUT2D eigenvalue weighted by atomic mass is 10.0. The normalized spacial score (nSPS) is 11.7. The zero-order valence-electron chi connectivity index (χ0n) is 17.0. The van der Waals surface area contributed by atoms with Crippen LogP contribution in [0.3, 0.4) is 0 Å². The van der Waals surface area contributed by atoms with Gasteiger partial charge in [0.2, 0.25) is 5.91 Å². The molecule has 0 saturated heterocycles. The van der Waals surface area contributed by atoms with E-state index in [1.54, 1.807) is 18.6 Å². The predicted octanol–water partition coefficient (Wildman–Crippen LogP) is 4.65. The molecule has 1 N–H and O–H groups in total. The minimum absolute atomic E-state index is 0.131. The third-order valence-electron chi connectivity index (χ3n) is 4.99. The topological polar surface area (TPSA) is 80.1 Å². The predicted molar refractivity (Wildman–Crippen MR) is 124 cm³/mol. The lowest BCUT2D eigenvalue weighted by Crippen LogP contribution is -2.21. The second-order valence-corrected chi connectivity index (χ2v) is 7.52. The van der Waals surface area contributed by atoms with Crippen LogP contribution < -0.4 is 5.43 Å². The Morgan fingerprint density at radius 1 is 0.903 bits per heavy atom. The zero-order valence-corrected chi connectivity index (χ0v) is 17.7. The van der Waals surface area contributed by atoms with Gasteiger partial charge in [-0.05, 0) is 42.7 Å². The van der Waals surface area contributed by atoms with E-state index >= 15 is 0 Å². The molecule has 0 spiro atoms. The van der Waals surface area contributed by atoms with Crippen LogP contribution in [0.5, 0.6) is 0 Å². The van der Waals surface area contributed by atoms with E-state index in [0.29, 0.717) is 30.1 Å². The number of hydrogen-bond donors (Lipinski definition) is 1. The third kappa shape index (κ3) is 5.03. The summed E-state index contributed by atoms with van der Waals surface area (Å²) in [5.74, 6) is 0.419. The standard InChI is InChI=1S/C24H22ClN5O/c25-12-3-1-8-22(31)30-29-21(20-7-2-4-13-26-20)16-18-11-15-28-24-19(18)10-9-17-6-5-14-27-23(17)24/h2,4-7,9-11,13-15H,1,3,8,12,16H2,(H,30,31). The second-order valence-electron chi connectivity index (χ2n) is 7.14. The molecular formula is C24H22ClN5O. The summed E-state index contributed by atoms with van der Waals surface area (Å²) in [5.41, 5.74) is 6.83. The van der Waals surface area contributed by atoms with Crippen molar-refractivity contribution in [1.82, 2.24) is 20.4 Å². The lowest BCUT2D eigenvalue weighted by molar-refractivity contribution is -0.121. The van der Waals surface area contributed by atoms with Crippen molar-refractivity contribution in [3.63, 3.8) is 0 Å². The van der Waals surface area contributed by atoms with E-state index in [0.717, 1.165) is 40.2 Å². The first kappa shape index (κ1) is 20.9. The van der Waals surface area contributed by atoms with Gasteiger partial charge in [-0.25, -0.2) is 5.43 Å². The Morgan fingerprint density at radius 3 is 2.61 bits per heavy atom. The second kappa shape index (κ2) is 10.1. The summed E-state index contributed by atoms with van der Waals surface area (Å²) >= 11 is 5.69. The van der Waals surface area contributed by atoms with Crippen molar-refractivity contribution in [1.29, 1.82) is 0 Å². The highest BCUT2D eigenvalue weighted by Crippen LogP contribution is 2.25. The number of nitrogens with zero attached hydrogens (tertiary/aromatic N) is 4. The van der Waals surface area contributed by atoms with Gasteiger partial charge >= 0.3 is 0 Å². The minimum atomic E-state index is -0.131. The van der Waals surface area contributed by atoms with Gasteiger partial charge in [-0.2, -0.15) is 5.10 Å². The smallest absolute Gasteiger partial charge is 0.240 e. The number of carbonyl (C=O) groups excluding carboxylic acids is 1. The molecule has 0 bridgehead atoms. The number of unbranched alkanes of at least 4 members (excludes halogenated alkanes) is 1. The van der Waals surface area contributed by atoms with Gasteiger partial charge in [0.05, 0.1) is 22.4 Å². The van der Waals surface area contributed by atoms with Crippen LogP contribution >= 0.6 is 11.6 Å². The monoisotopic (exact) mass is 431 g/mol. The van der Waals surface area contributed by atoms with Gasteiger partial charge in [-0.1, -0.05) is 24.3 Å². The summed E-state index contributed by atoms with van der Waals surface area (Å²) in [6, 6.07) is 15.7. The van der Waals surface area contributed by atoms with E-state index in [4.69, 9.17) is 11.6 Å². The largest absolute Gasteiger partial charge is 0.273 e. The van der Waals surface area contributed by atoms with Crippen LogP contribution in [0.15, 0.2) is 72.2 Å². The molecule has 0 aliphatic heterocycles. The molecule has 1 amide bonds. The van der Waals surface area contributed by atoms with Crippen LogP contribution in [0.1, 0.15) is 30.5 Å². The van der Waals surface area contributed by atoms with Crippen LogP contribution in [0.25, 0.3) is 21.8 Å². The van der Waals surface area contributed by atoms with Gasteiger partial charge in [0.1, 0.15) is 0 Å². The number of amides is 1. The lowest BCUT2D eigenvalue weighted by Gasteiger charge is -2.10. The maximum Gasteiger partial charge on any atom is 0.240 e. The van der Waals surface area contributed by atoms with Crippen molar-refractivity contribution in [2.45, 2.75) is 25.7 Å². The molecule has 6 nitrogen and oxygen atoms in total. The summed E-state index contributed by atoms with van der Waals surface area (Å²) in [4.78, 5) is 25.7. The first-order chi connectivity index (χ1) is 15.3. The maximum absolute atomic E-state index is 12.2. The highest BCUT2D eigenvalue weighted by atomic mass is 35.5. The molecule has 156 valence electrons. The number of pyridine rings is 3. The summed E-state index contributed by atoms with van der Waals surface area (Å²) in [5, 5.41) is 6.47. The van der Waals surface area contributed by atoms with Gasteiger partial charge in [0.15, 0.2) is 0 Å². The van der Waals surface area contributed by atoms with Gasteiger partial charge in [0.25, 0.3) is 0 Å². The van der Waals surface area contributed by atoms with Crippen molar-refractivity contribution >= 4 is 45.0 Å². The Hall–Kier alpha value is -3.38. The summed E-state index contributed by atoms with van der Waals surface area (Å²) in [6.07, 6.45) is 7.70. The number of rotatable bonds is 8. The quantitative estimate of drug-likeness (QED) is 0.145. The van der Waals surface area contributed by atoms with E-state index < -0.39 is 0 Å². The van der Waals surface area contributed by atoms with Crippen LogP contribution in [0, 0.1) is 0 Å². The van der Waals surface area contributed by atoms with Gasteiger partial charge in [-0.15, -0.1) is 11.6 Å². The van der Waals surface area contributed by atoms with Crippen molar-refractivity contribution in [2.24, 2.45) is 5.10 Å². The van der Waals surface area contributed by atoms with Crippen molar-refractivity contribution in [2.75, 3.05) is 5.88 Å². The molecule has 3 heterocycles. The number of hydrogen-bond acceptors (Lipinski definition) is 5. The third-order valence-corrected chi connectivity index (χ3v) is 5.26. The van der Waals surface area contributed by atoms with Crippen LogP contribution in [-0.2, 0) is 11.2 Å². The highest BCUT2D eigenvalue weighted by Gasteiger charge is 2.12. The average Bonchev–Trinajstić information content (AvgIpc) is 2.82. The number of hydrazone groups is 1. The SMILES string of the molecule is O=C(CCCCCl)NN=C(Cc1ccnc2c1ccc1cccnc12)c1ccccn1. The molecule has 7 heteroatoms. The molecule has 0 fully saturated rings. The zero-order chi connectivity index (χ0) is 21.5. The van der Waals surface area contributed by atoms with Crippen molar-refractivity contribution in [3.05, 3.63) is 78.4 Å². The fourth-order valence-electron chi connectivity index (χ4n) is 3.43. The van der Waals surface area contributed by atoms with Gasteiger partial charge < -0.3 is 0 Å². The number of benzene rings is 1. The summed E-state index contributed by atoms with van der Waals surface area (Å²) in [6.45, 7) is 0. The van der Waals surface area contributed by atoms with Crippen molar-refractivity contribution < 1.29 is 4.79 Å². The molecule has 4 rings (SSSR count). The molecule has 0 aliphatic carbocycles. The number of fused-ring (bicyclic) bond motifs is 3. The number of halogens is 1. The molecule has 0 saturated carbocycles. The van der Waals surface area contributed by atoms with E-state index in [1.165, 1.54) is 0 Å². The fraction of sp³-hybridized carbons (Fsp3) is 0.208. The Kier molecular flexibility index (Phi) is 6.79. The Balaban J connectivity index is 1.67. The molecule has 3 aromatic heterocycles. The first-order valence-electron chi connectivity index (χ1n) is 10.2. The number of aromatic nitrogens is 3. The molecule has 4 aromatic rings. The Morgan fingerprint density at radius 2 is 1.77 bits per heavy atom. The maximum atomic E-state index is 12.2. The van der Waals surface area contributed by atoms with Crippen LogP contribution in [-0.4, -0.2) is 32.5 Å². The number of carbonyl (C=O) groups is 1. The fourth-order valence-corrected chi connectivity index (χ4v) is 3.62. The Labute approximate surface area is 185 Å². The number of nitrogens with one attached hydrogen (secondary N) is 1. The average molecular weight is 432 g/mol. The Bertz CT molecular complexity index is 1230. The first-order valence-corrected chi connectivity index (χ1v) is 10.7. The molecule has 31 heavy (non-hydrogen) atoms. The van der Waals surface area contributed by atoms with Crippen LogP contribution in [0.2, 0.25) is 0 Å². The van der Waals surface area contributed by atoms with E-state index in [-0.39, 0.29) is 5.91 Å². The highest BCUT2D eigenvalue weighted by molar-refractivity contribution is 6.17.